The van der Waals surface area contributed by atoms with Gasteiger partial charge in [-0.1, -0.05) is 13.0 Å². The number of carbonyl (C=O) groups is 2. The molecule has 5 rings (SSSR count). The van der Waals surface area contributed by atoms with Crippen LogP contribution in [0.5, 0.6) is 0 Å². The summed E-state index contributed by atoms with van der Waals surface area (Å²) < 4.78 is 5.57. The molecule has 3 aliphatic rings. The van der Waals surface area contributed by atoms with Crippen molar-refractivity contribution >= 4 is 29.3 Å². The first kappa shape index (κ1) is 33.9. The molecule has 3 heterocycles. The maximum atomic E-state index is 12.5. The monoisotopic (exact) mass is 635 g/mol. The Balaban J connectivity index is 1.20. The number of aliphatic hydroxyl groups is 1. The van der Waals surface area contributed by atoms with Gasteiger partial charge in [0.2, 0.25) is 0 Å². The Morgan fingerprint density at radius 2 is 1.65 bits per heavy atom. The first-order chi connectivity index (χ1) is 21.9. The molecule has 3 fully saturated rings. The molecule has 5 N–H and O–H groups in total. The Kier molecular flexibility index (Phi) is 10.7. The van der Waals surface area contributed by atoms with E-state index in [4.69, 9.17) is 15.5 Å². The van der Waals surface area contributed by atoms with Gasteiger partial charge in [-0.2, -0.15) is 0 Å². The molecule has 46 heavy (non-hydrogen) atoms. The number of aryl methyl sites for hydroxylation is 2. The van der Waals surface area contributed by atoms with E-state index in [0.717, 1.165) is 83.2 Å². The highest BCUT2D eigenvalue weighted by Crippen LogP contribution is 2.34. The molecule has 1 aromatic heterocycles. The number of carbonyl (C=O) groups excluding carboxylic acids is 2. The number of aliphatic hydroxyl groups excluding tert-OH is 1. The lowest BCUT2D eigenvalue weighted by Gasteiger charge is -2.42. The van der Waals surface area contributed by atoms with E-state index in [9.17, 15) is 14.7 Å². The second-order valence-corrected chi connectivity index (χ2v) is 14.3. The zero-order valence-electron chi connectivity index (χ0n) is 28.3. The van der Waals surface area contributed by atoms with Gasteiger partial charge in [0.15, 0.2) is 11.5 Å². The minimum absolute atomic E-state index is 0.132. The molecule has 252 valence electrons. The van der Waals surface area contributed by atoms with Crippen molar-refractivity contribution in [2.45, 2.75) is 122 Å². The van der Waals surface area contributed by atoms with E-state index in [1.165, 1.54) is 11.1 Å². The zero-order valence-corrected chi connectivity index (χ0v) is 28.3. The second-order valence-electron chi connectivity index (χ2n) is 14.3. The number of piperidine rings is 2. The zero-order chi connectivity index (χ0) is 33.0. The maximum absolute atomic E-state index is 12.5. The van der Waals surface area contributed by atoms with Crippen molar-refractivity contribution < 1.29 is 19.4 Å². The standard InChI is InChI=1S/C35H53N7O4/c1-6-29-32(37-24-7-10-27(43)11-8-24)40-33(30(39-29)31(36)44)38-25-9-12-28(22(2)21-25)23-13-17-41(18-14-23)26-15-19-42(20-16-26)34(45)46-35(3,4)5/h9,12,21,23-24,26-27,43H,6-8,10-11,13-20H2,1-5H3,(H2,36,44)(H2,37,38,40)/t24-,27-. The van der Waals surface area contributed by atoms with Gasteiger partial charge in [-0.3, -0.25) is 4.79 Å². The summed E-state index contributed by atoms with van der Waals surface area (Å²) in [5.74, 6) is 0.877. The summed E-state index contributed by atoms with van der Waals surface area (Å²) in [7, 11) is 0. The summed E-state index contributed by atoms with van der Waals surface area (Å²) in [6, 6.07) is 7.08. The summed E-state index contributed by atoms with van der Waals surface area (Å²) in [6.07, 6.45) is 7.59. The fraction of sp³-hybridized carbons (Fsp3) is 0.657. The number of rotatable bonds is 8. The predicted molar refractivity (Wildman–Crippen MR) is 181 cm³/mol. The Morgan fingerprint density at radius 3 is 2.24 bits per heavy atom. The number of nitrogens with two attached hydrogens (primary N) is 1. The maximum Gasteiger partial charge on any atom is 0.410 e. The number of primary amides is 1. The van der Waals surface area contributed by atoms with Crippen LogP contribution in [0.4, 0.5) is 22.1 Å². The summed E-state index contributed by atoms with van der Waals surface area (Å²) >= 11 is 0. The van der Waals surface area contributed by atoms with Crippen molar-refractivity contribution in [3.63, 3.8) is 0 Å². The number of anilines is 3. The number of ether oxygens (including phenoxy) is 1. The molecule has 1 aromatic carbocycles. The quantitative estimate of drug-likeness (QED) is 0.296. The average molecular weight is 636 g/mol. The molecule has 11 heteroatoms. The summed E-state index contributed by atoms with van der Waals surface area (Å²) in [5, 5.41) is 16.8. The molecule has 0 unspecified atom stereocenters. The molecule has 2 saturated heterocycles. The second kappa shape index (κ2) is 14.5. The van der Waals surface area contributed by atoms with Crippen molar-refractivity contribution in [3.8, 4) is 0 Å². The molecule has 0 radical (unpaired) electrons. The van der Waals surface area contributed by atoms with Crippen LogP contribution >= 0.6 is 0 Å². The lowest BCUT2D eigenvalue weighted by atomic mass is 9.85. The average Bonchev–Trinajstić information content (AvgIpc) is 3.02. The minimum atomic E-state index is -0.618. The van der Waals surface area contributed by atoms with E-state index in [1.807, 2.05) is 32.6 Å². The number of hydrogen-bond acceptors (Lipinski definition) is 9. The first-order valence-corrected chi connectivity index (χ1v) is 17.1. The van der Waals surface area contributed by atoms with E-state index >= 15 is 0 Å². The summed E-state index contributed by atoms with van der Waals surface area (Å²) in [4.78, 5) is 38.7. The highest BCUT2D eigenvalue weighted by atomic mass is 16.6. The normalized spacial score (nSPS) is 22.0. The SMILES string of the molecule is CCc1nc(C(N)=O)c(Nc2ccc(C3CCN(C4CCN(C(=O)OC(C)(C)C)CC4)CC3)c(C)c2)nc1N[C@H]1CC[C@H](O)CC1. The van der Waals surface area contributed by atoms with E-state index in [0.29, 0.717) is 35.7 Å². The molecule has 2 aromatic rings. The molecular weight excluding hydrogens is 582 g/mol. The van der Waals surface area contributed by atoms with Crippen LogP contribution in [0.1, 0.15) is 112 Å². The van der Waals surface area contributed by atoms with Crippen molar-refractivity contribution in [2.24, 2.45) is 5.73 Å². The van der Waals surface area contributed by atoms with Gasteiger partial charge in [0.25, 0.3) is 5.91 Å². The third-order valence-corrected chi connectivity index (χ3v) is 9.71. The molecule has 11 nitrogen and oxygen atoms in total. The van der Waals surface area contributed by atoms with Gasteiger partial charge in [-0.25, -0.2) is 14.8 Å². The number of nitrogens with one attached hydrogen (secondary N) is 2. The van der Waals surface area contributed by atoms with Gasteiger partial charge < -0.3 is 36.0 Å². The summed E-state index contributed by atoms with van der Waals surface area (Å²) in [6.45, 7) is 13.5. The number of likely N-dealkylation sites (tertiary alicyclic amines) is 2. The number of hydrogen-bond donors (Lipinski definition) is 4. The predicted octanol–water partition coefficient (Wildman–Crippen LogP) is 5.48. The number of aromatic nitrogens is 2. The number of nitrogens with zero attached hydrogens (tertiary/aromatic N) is 4. The fourth-order valence-corrected chi connectivity index (χ4v) is 7.17. The van der Waals surface area contributed by atoms with Crippen LogP contribution in [-0.2, 0) is 11.2 Å². The largest absolute Gasteiger partial charge is 0.444 e. The lowest BCUT2D eigenvalue weighted by molar-refractivity contribution is 0.0127. The smallest absolute Gasteiger partial charge is 0.410 e. The number of benzene rings is 1. The van der Waals surface area contributed by atoms with Gasteiger partial charge in [0.1, 0.15) is 11.4 Å². The Bertz CT molecular complexity index is 1370. The van der Waals surface area contributed by atoms with E-state index in [-0.39, 0.29) is 23.9 Å². The highest BCUT2D eigenvalue weighted by molar-refractivity contribution is 5.96. The molecule has 0 atom stereocenters. The van der Waals surface area contributed by atoms with Crippen LogP contribution in [0.2, 0.25) is 0 Å². The highest BCUT2D eigenvalue weighted by Gasteiger charge is 2.32. The van der Waals surface area contributed by atoms with Crippen LogP contribution in [0, 0.1) is 6.92 Å². The van der Waals surface area contributed by atoms with Gasteiger partial charge in [-0.15, -0.1) is 0 Å². The van der Waals surface area contributed by atoms with Gasteiger partial charge in [-0.05, 0) is 128 Å². The first-order valence-electron chi connectivity index (χ1n) is 17.1. The number of amides is 2. The molecule has 0 spiro atoms. The Morgan fingerprint density at radius 1 is 0.978 bits per heavy atom. The summed E-state index contributed by atoms with van der Waals surface area (Å²) in [5.41, 5.74) is 9.51. The topological polar surface area (TPSA) is 146 Å². The molecule has 0 bridgehead atoms. The third-order valence-electron chi connectivity index (χ3n) is 9.71. The fourth-order valence-electron chi connectivity index (χ4n) is 7.17. The van der Waals surface area contributed by atoms with Gasteiger partial charge in [0, 0.05) is 30.9 Å². The Labute approximate surface area is 273 Å². The van der Waals surface area contributed by atoms with Crippen molar-refractivity contribution in [3.05, 3.63) is 40.7 Å². The van der Waals surface area contributed by atoms with Crippen molar-refractivity contribution in [2.75, 3.05) is 36.8 Å². The molecule has 1 saturated carbocycles. The van der Waals surface area contributed by atoms with Crippen molar-refractivity contribution in [1.29, 1.82) is 0 Å². The van der Waals surface area contributed by atoms with E-state index < -0.39 is 11.5 Å². The van der Waals surface area contributed by atoms with Crippen LogP contribution in [0.25, 0.3) is 0 Å². The lowest BCUT2D eigenvalue weighted by Crippen LogP contribution is -2.49. The van der Waals surface area contributed by atoms with Crippen LogP contribution in [0.15, 0.2) is 18.2 Å². The molecule has 1 aliphatic carbocycles. The minimum Gasteiger partial charge on any atom is -0.444 e. The van der Waals surface area contributed by atoms with Gasteiger partial charge in [0.05, 0.1) is 11.8 Å². The van der Waals surface area contributed by atoms with Gasteiger partial charge >= 0.3 is 6.09 Å². The third kappa shape index (κ3) is 8.47. The van der Waals surface area contributed by atoms with E-state index in [2.05, 4.69) is 45.6 Å². The Hall–Kier alpha value is -3.44. The van der Waals surface area contributed by atoms with E-state index in [1.54, 1.807) is 0 Å². The molecule has 2 aliphatic heterocycles. The van der Waals surface area contributed by atoms with Crippen LogP contribution < -0.4 is 16.4 Å². The van der Waals surface area contributed by atoms with Crippen molar-refractivity contribution in [1.82, 2.24) is 19.8 Å². The van der Waals surface area contributed by atoms with Crippen LogP contribution in [0.3, 0.4) is 0 Å². The van der Waals surface area contributed by atoms with Crippen LogP contribution in [-0.4, -0.2) is 86.8 Å². The molecular formula is C35H53N7O4. The molecule has 2 amide bonds.